The molecule has 1 atom stereocenters. The van der Waals surface area contributed by atoms with Crippen LogP contribution < -0.4 is 4.72 Å². The average Bonchev–Trinajstić information content (AvgIpc) is 3.13. The summed E-state index contributed by atoms with van der Waals surface area (Å²) in [6.07, 6.45) is 2.14. The molecule has 140 valence electrons. The molecule has 7 heteroatoms. The number of nitrogens with one attached hydrogen (secondary N) is 1. The second-order valence-corrected chi connectivity index (χ2v) is 8.35. The van der Waals surface area contributed by atoms with Crippen LogP contribution in [0.4, 0.5) is 8.78 Å². The van der Waals surface area contributed by atoms with Crippen molar-refractivity contribution in [3.05, 3.63) is 71.3 Å². The Balaban J connectivity index is 1.70. The maximum Gasteiger partial charge on any atom is 0.215 e. The lowest BCUT2D eigenvalue weighted by Gasteiger charge is -2.28. The summed E-state index contributed by atoms with van der Waals surface area (Å²) in [5.74, 6) is -0.918. The zero-order valence-electron chi connectivity index (χ0n) is 14.4. The number of halogens is 2. The first-order chi connectivity index (χ1) is 12.4. The molecule has 2 aromatic carbocycles. The fourth-order valence-electron chi connectivity index (χ4n) is 3.25. The standard InChI is InChI=1S/C19H22F2N2O2S/c20-17-7-3-15(4-8-17)14-26(24,25)22-13-19(23-11-1-2-12-23)16-5-9-18(21)10-6-16/h3-10,19,22H,1-2,11-14H2. The number of hydrogen-bond donors (Lipinski definition) is 1. The Kier molecular flexibility index (Phi) is 6.01. The highest BCUT2D eigenvalue weighted by Crippen LogP contribution is 2.25. The van der Waals surface area contributed by atoms with Crippen LogP contribution in [0.2, 0.25) is 0 Å². The van der Waals surface area contributed by atoms with Crippen molar-refractivity contribution >= 4 is 10.0 Å². The van der Waals surface area contributed by atoms with Gasteiger partial charge >= 0.3 is 0 Å². The van der Waals surface area contributed by atoms with Gasteiger partial charge in [0, 0.05) is 12.6 Å². The predicted octanol–water partition coefficient (Wildman–Crippen LogP) is 3.22. The molecule has 0 spiro atoms. The summed E-state index contributed by atoms with van der Waals surface area (Å²) in [5, 5.41) is 0. The lowest BCUT2D eigenvalue weighted by Crippen LogP contribution is -2.37. The molecule has 3 rings (SSSR count). The van der Waals surface area contributed by atoms with E-state index < -0.39 is 15.8 Å². The highest BCUT2D eigenvalue weighted by atomic mass is 32.2. The molecule has 0 aromatic heterocycles. The van der Waals surface area contributed by atoms with Gasteiger partial charge in [0.1, 0.15) is 11.6 Å². The summed E-state index contributed by atoms with van der Waals surface area (Å²) in [5.41, 5.74) is 1.41. The maximum atomic E-state index is 13.2. The molecule has 26 heavy (non-hydrogen) atoms. The Morgan fingerprint density at radius 2 is 1.46 bits per heavy atom. The maximum absolute atomic E-state index is 13.2. The normalized spacial score (nSPS) is 16.7. The second kappa shape index (κ2) is 8.24. The Bertz CT molecular complexity index is 818. The number of rotatable bonds is 7. The lowest BCUT2D eigenvalue weighted by atomic mass is 10.1. The van der Waals surface area contributed by atoms with Crippen LogP contribution in [0.15, 0.2) is 48.5 Å². The Morgan fingerprint density at radius 1 is 0.923 bits per heavy atom. The molecule has 2 aromatic rings. The van der Waals surface area contributed by atoms with Gasteiger partial charge in [0.25, 0.3) is 0 Å². The van der Waals surface area contributed by atoms with Crippen LogP contribution in [0.25, 0.3) is 0 Å². The highest BCUT2D eigenvalue weighted by Gasteiger charge is 2.25. The van der Waals surface area contributed by atoms with Gasteiger partial charge in [0.15, 0.2) is 0 Å². The first-order valence-corrected chi connectivity index (χ1v) is 10.3. The van der Waals surface area contributed by atoms with Gasteiger partial charge in [0.2, 0.25) is 10.0 Å². The minimum Gasteiger partial charge on any atom is -0.295 e. The molecule has 4 nitrogen and oxygen atoms in total. The summed E-state index contributed by atoms with van der Waals surface area (Å²) in [6, 6.07) is 11.5. The number of likely N-dealkylation sites (tertiary alicyclic amines) is 1. The summed E-state index contributed by atoms with van der Waals surface area (Å²) < 4.78 is 53.7. The molecule has 0 radical (unpaired) electrons. The fraction of sp³-hybridized carbons (Fsp3) is 0.368. The quantitative estimate of drug-likeness (QED) is 0.802. The van der Waals surface area contributed by atoms with Crippen molar-refractivity contribution in [2.75, 3.05) is 19.6 Å². The van der Waals surface area contributed by atoms with Crippen molar-refractivity contribution in [2.45, 2.75) is 24.6 Å². The average molecular weight is 380 g/mol. The van der Waals surface area contributed by atoms with E-state index in [2.05, 4.69) is 9.62 Å². The third-order valence-corrected chi connectivity index (χ3v) is 5.92. The van der Waals surface area contributed by atoms with Crippen LogP contribution in [0.5, 0.6) is 0 Å². The summed E-state index contributed by atoms with van der Waals surface area (Å²) in [7, 11) is -3.56. The van der Waals surface area contributed by atoms with E-state index in [1.807, 2.05) is 0 Å². The van der Waals surface area contributed by atoms with Crippen LogP contribution in [-0.2, 0) is 15.8 Å². The molecule has 1 aliphatic heterocycles. The molecule has 1 fully saturated rings. The third kappa shape index (κ3) is 5.09. The predicted molar refractivity (Wildman–Crippen MR) is 97.0 cm³/mol. The lowest BCUT2D eigenvalue weighted by molar-refractivity contribution is 0.246. The van der Waals surface area contributed by atoms with E-state index in [0.717, 1.165) is 31.5 Å². The SMILES string of the molecule is O=S(=O)(Cc1ccc(F)cc1)NCC(c1ccc(F)cc1)N1CCCC1. The van der Waals surface area contributed by atoms with Crippen molar-refractivity contribution in [2.24, 2.45) is 0 Å². The van der Waals surface area contributed by atoms with E-state index >= 15 is 0 Å². The molecule has 0 bridgehead atoms. The third-order valence-electron chi connectivity index (χ3n) is 4.60. The molecule has 1 heterocycles. The van der Waals surface area contributed by atoms with Crippen molar-refractivity contribution in [1.82, 2.24) is 9.62 Å². The Labute approximate surface area is 152 Å². The molecular formula is C19H22F2N2O2S. The van der Waals surface area contributed by atoms with Crippen LogP contribution in [0.1, 0.15) is 30.0 Å². The number of hydrogen-bond acceptors (Lipinski definition) is 3. The highest BCUT2D eigenvalue weighted by molar-refractivity contribution is 7.88. The van der Waals surface area contributed by atoms with Gasteiger partial charge < -0.3 is 0 Å². The van der Waals surface area contributed by atoms with Crippen molar-refractivity contribution < 1.29 is 17.2 Å². The van der Waals surface area contributed by atoms with E-state index in [9.17, 15) is 17.2 Å². The van der Waals surface area contributed by atoms with Gasteiger partial charge in [0.05, 0.1) is 5.75 Å². The number of nitrogens with zero attached hydrogens (tertiary/aromatic N) is 1. The molecule has 1 aliphatic rings. The zero-order chi connectivity index (χ0) is 18.6. The number of benzene rings is 2. The minimum atomic E-state index is -3.56. The zero-order valence-corrected chi connectivity index (χ0v) is 15.2. The molecule has 0 aliphatic carbocycles. The smallest absolute Gasteiger partial charge is 0.215 e. The van der Waals surface area contributed by atoms with E-state index in [1.165, 1.54) is 36.4 Å². The van der Waals surface area contributed by atoms with Crippen molar-refractivity contribution in [3.8, 4) is 0 Å². The largest absolute Gasteiger partial charge is 0.295 e. The summed E-state index contributed by atoms with van der Waals surface area (Å²) in [4.78, 5) is 2.22. The molecule has 1 saturated heterocycles. The van der Waals surface area contributed by atoms with Crippen LogP contribution in [0, 0.1) is 11.6 Å². The monoisotopic (exact) mass is 380 g/mol. The van der Waals surface area contributed by atoms with Gasteiger partial charge in [-0.3, -0.25) is 4.90 Å². The van der Waals surface area contributed by atoms with Crippen molar-refractivity contribution in [3.63, 3.8) is 0 Å². The van der Waals surface area contributed by atoms with E-state index in [1.54, 1.807) is 12.1 Å². The van der Waals surface area contributed by atoms with Gasteiger partial charge in [-0.2, -0.15) is 0 Å². The molecule has 0 saturated carbocycles. The topological polar surface area (TPSA) is 49.4 Å². The summed E-state index contributed by atoms with van der Waals surface area (Å²) in [6.45, 7) is 2.00. The van der Waals surface area contributed by atoms with Gasteiger partial charge in [-0.1, -0.05) is 24.3 Å². The van der Waals surface area contributed by atoms with E-state index in [0.29, 0.717) is 5.56 Å². The van der Waals surface area contributed by atoms with Crippen molar-refractivity contribution in [1.29, 1.82) is 0 Å². The van der Waals surface area contributed by atoms with Gasteiger partial charge in [-0.15, -0.1) is 0 Å². The van der Waals surface area contributed by atoms with Crippen LogP contribution >= 0.6 is 0 Å². The Morgan fingerprint density at radius 3 is 2.04 bits per heavy atom. The number of sulfonamides is 1. The summed E-state index contributed by atoms with van der Waals surface area (Å²) >= 11 is 0. The van der Waals surface area contributed by atoms with E-state index in [4.69, 9.17) is 0 Å². The van der Waals surface area contributed by atoms with Gasteiger partial charge in [-0.25, -0.2) is 21.9 Å². The second-order valence-electron chi connectivity index (χ2n) is 6.54. The van der Waals surface area contributed by atoms with Gasteiger partial charge in [-0.05, 0) is 61.3 Å². The minimum absolute atomic E-state index is 0.138. The fourth-order valence-corrected chi connectivity index (χ4v) is 4.40. The molecule has 1 unspecified atom stereocenters. The Hall–Kier alpha value is -1.83. The van der Waals surface area contributed by atoms with Crippen LogP contribution in [-0.4, -0.2) is 33.0 Å². The van der Waals surface area contributed by atoms with Crippen LogP contribution in [0.3, 0.4) is 0 Å². The van der Waals surface area contributed by atoms with E-state index in [-0.39, 0.29) is 24.2 Å². The molecule has 1 N–H and O–H groups in total. The first-order valence-electron chi connectivity index (χ1n) is 8.64. The molecular weight excluding hydrogens is 358 g/mol. The molecule has 0 amide bonds. The first kappa shape index (κ1) is 18.9.